The van der Waals surface area contributed by atoms with Crippen LogP contribution in [0.1, 0.15) is 26.2 Å². The number of nitrogens with zero attached hydrogens (tertiary/aromatic N) is 1. The van der Waals surface area contributed by atoms with E-state index in [9.17, 15) is 0 Å². The maximum Gasteiger partial charge on any atom is 0.0472 e. The van der Waals surface area contributed by atoms with Crippen molar-refractivity contribution >= 4 is 12.6 Å². The molecule has 1 saturated heterocycles. The van der Waals surface area contributed by atoms with Crippen molar-refractivity contribution in [2.75, 3.05) is 39.1 Å². The smallest absolute Gasteiger partial charge is 0.0472 e. The van der Waals surface area contributed by atoms with Gasteiger partial charge in [0.25, 0.3) is 0 Å². The average Bonchev–Trinajstić information content (AvgIpc) is 2.19. The van der Waals surface area contributed by atoms with Crippen molar-refractivity contribution in [3.63, 3.8) is 0 Å². The largest absolute Gasteiger partial charge is 0.381 e. The summed E-state index contributed by atoms with van der Waals surface area (Å²) in [6, 6.07) is 0. The molecule has 0 amide bonds. The van der Waals surface area contributed by atoms with E-state index in [-0.39, 0.29) is 0 Å². The molecule has 1 aliphatic rings. The summed E-state index contributed by atoms with van der Waals surface area (Å²) in [5.74, 6) is 0.990. The normalized spacial score (nSPS) is 21.4. The lowest BCUT2D eigenvalue weighted by molar-refractivity contribution is 0.0116. The Morgan fingerprint density at radius 3 is 2.50 bits per heavy atom. The Bertz CT molecular complexity index is 157. The predicted octanol–water partition coefficient (Wildman–Crippen LogP) is 2.05. The summed E-state index contributed by atoms with van der Waals surface area (Å²) < 4.78 is 5.42. The Kier molecular flexibility index (Phi) is 5.28. The minimum Gasteiger partial charge on any atom is -0.381 e. The molecule has 0 atom stereocenters. The number of hydrogen-bond donors (Lipinski definition) is 1. The quantitative estimate of drug-likeness (QED) is 0.708. The van der Waals surface area contributed by atoms with Crippen LogP contribution in [0.25, 0.3) is 0 Å². The minimum atomic E-state index is 0.408. The van der Waals surface area contributed by atoms with E-state index in [1.807, 2.05) is 0 Å². The molecule has 0 unspecified atom stereocenters. The van der Waals surface area contributed by atoms with E-state index in [0.717, 1.165) is 19.0 Å². The fraction of sp³-hybridized carbons (Fsp3) is 1.00. The lowest BCUT2D eigenvalue weighted by Gasteiger charge is -2.39. The van der Waals surface area contributed by atoms with E-state index in [1.165, 1.54) is 32.4 Å². The third kappa shape index (κ3) is 3.44. The molecule has 0 radical (unpaired) electrons. The van der Waals surface area contributed by atoms with Crippen LogP contribution in [-0.2, 0) is 4.74 Å². The Balaban J connectivity index is 2.42. The molecule has 1 fully saturated rings. The van der Waals surface area contributed by atoms with Crippen molar-refractivity contribution in [2.24, 2.45) is 5.41 Å². The molecule has 14 heavy (non-hydrogen) atoms. The summed E-state index contributed by atoms with van der Waals surface area (Å²) >= 11 is 4.51. The first-order valence-corrected chi connectivity index (χ1v) is 6.23. The highest BCUT2D eigenvalue weighted by Crippen LogP contribution is 2.32. The maximum absolute atomic E-state index is 5.42. The maximum atomic E-state index is 5.42. The van der Waals surface area contributed by atoms with Gasteiger partial charge in [0.1, 0.15) is 0 Å². The van der Waals surface area contributed by atoms with E-state index in [2.05, 4.69) is 31.5 Å². The van der Waals surface area contributed by atoms with Gasteiger partial charge in [-0.3, -0.25) is 0 Å². The van der Waals surface area contributed by atoms with Crippen molar-refractivity contribution in [1.29, 1.82) is 0 Å². The molecular weight excluding hydrogens is 194 g/mol. The number of rotatable bonds is 5. The molecular formula is C11H23NOS. The molecule has 84 valence electrons. The van der Waals surface area contributed by atoms with E-state index in [1.54, 1.807) is 0 Å². The van der Waals surface area contributed by atoms with Crippen molar-refractivity contribution in [3.05, 3.63) is 0 Å². The van der Waals surface area contributed by atoms with Gasteiger partial charge in [-0.25, -0.2) is 0 Å². The molecule has 1 aliphatic heterocycles. The number of hydrogen-bond acceptors (Lipinski definition) is 3. The topological polar surface area (TPSA) is 12.5 Å². The second kappa shape index (κ2) is 5.99. The summed E-state index contributed by atoms with van der Waals surface area (Å²) in [7, 11) is 2.21. The van der Waals surface area contributed by atoms with E-state index in [4.69, 9.17) is 4.74 Å². The molecule has 0 bridgehead atoms. The van der Waals surface area contributed by atoms with Gasteiger partial charge in [0.2, 0.25) is 0 Å². The summed E-state index contributed by atoms with van der Waals surface area (Å²) in [4.78, 5) is 2.43. The SMILES string of the molecule is CCCN(C)CC1(CS)CCOCC1. The minimum absolute atomic E-state index is 0.408. The second-order valence-electron chi connectivity index (χ2n) is 4.51. The molecule has 0 spiro atoms. The number of thiol groups is 1. The molecule has 0 saturated carbocycles. The van der Waals surface area contributed by atoms with E-state index in [0.29, 0.717) is 5.41 Å². The van der Waals surface area contributed by atoms with Gasteiger partial charge < -0.3 is 9.64 Å². The van der Waals surface area contributed by atoms with Crippen LogP contribution in [0.2, 0.25) is 0 Å². The van der Waals surface area contributed by atoms with Crippen molar-refractivity contribution < 1.29 is 4.74 Å². The van der Waals surface area contributed by atoms with Crippen molar-refractivity contribution in [1.82, 2.24) is 4.90 Å². The van der Waals surface area contributed by atoms with Crippen LogP contribution in [0.4, 0.5) is 0 Å². The summed E-state index contributed by atoms with van der Waals surface area (Å²) in [5, 5.41) is 0. The molecule has 0 aromatic rings. The van der Waals surface area contributed by atoms with Crippen LogP contribution in [-0.4, -0.2) is 44.0 Å². The molecule has 3 heteroatoms. The summed E-state index contributed by atoms with van der Waals surface area (Å²) in [5.41, 5.74) is 0.408. The Morgan fingerprint density at radius 1 is 1.36 bits per heavy atom. The first-order chi connectivity index (χ1) is 6.72. The first-order valence-electron chi connectivity index (χ1n) is 5.59. The first kappa shape index (κ1) is 12.3. The van der Waals surface area contributed by atoms with Crippen LogP contribution < -0.4 is 0 Å². The fourth-order valence-electron chi connectivity index (χ4n) is 2.20. The fourth-order valence-corrected chi connectivity index (χ4v) is 2.62. The molecule has 1 rings (SSSR count). The molecule has 0 aliphatic carbocycles. The molecule has 0 aromatic heterocycles. The highest BCUT2D eigenvalue weighted by molar-refractivity contribution is 7.80. The predicted molar refractivity (Wildman–Crippen MR) is 64.1 cm³/mol. The third-order valence-electron chi connectivity index (χ3n) is 3.10. The van der Waals surface area contributed by atoms with Gasteiger partial charge in [0, 0.05) is 19.8 Å². The lowest BCUT2D eigenvalue weighted by Crippen LogP contribution is -2.41. The second-order valence-corrected chi connectivity index (χ2v) is 4.82. The van der Waals surface area contributed by atoms with Crippen LogP contribution in [0.3, 0.4) is 0 Å². The van der Waals surface area contributed by atoms with Gasteiger partial charge in [0.05, 0.1) is 0 Å². The average molecular weight is 217 g/mol. The van der Waals surface area contributed by atoms with E-state index < -0.39 is 0 Å². The highest BCUT2D eigenvalue weighted by atomic mass is 32.1. The molecule has 0 N–H and O–H groups in total. The monoisotopic (exact) mass is 217 g/mol. The lowest BCUT2D eigenvalue weighted by atomic mass is 9.81. The summed E-state index contributed by atoms with van der Waals surface area (Å²) in [6.45, 7) is 6.43. The van der Waals surface area contributed by atoms with Crippen LogP contribution >= 0.6 is 12.6 Å². The van der Waals surface area contributed by atoms with Gasteiger partial charge in [-0.2, -0.15) is 12.6 Å². The molecule has 0 aromatic carbocycles. The van der Waals surface area contributed by atoms with Crippen molar-refractivity contribution in [2.45, 2.75) is 26.2 Å². The zero-order valence-corrected chi connectivity index (χ0v) is 10.4. The van der Waals surface area contributed by atoms with Crippen LogP contribution in [0, 0.1) is 5.41 Å². The van der Waals surface area contributed by atoms with Gasteiger partial charge in [0.15, 0.2) is 0 Å². The standard InChI is InChI=1S/C11H23NOS/c1-3-6-12(2)9-11(10-14)4-7-13-8-5-11/h14H,3-10H2,1-2H3. The van der Waals surface area contributed by atoms with E-state index >= 15 is 0 Å². The Labute approximate surface area is 93.4 Å². The third-order valence-corrected chi connectivity index (χ3v) is 3.77. The highest BCUT2D eigenvalue weighted by Gasteiger charge is 2.32. The Morgan fingerprint density at radius 2 is 2.00 bits per heavy atom. The van der Waals surface area contributed by atoms with Gasteiger partial charge in [-0.05, 0) is 44.0 Å². The molecule has 2 nitrogen and oxygen atoms in total. The van der Waals surface area contributed by atoms with Gasteiger partial charge in [-0.15, -0.1) is 0 Å². The van der Waals surface area contributed by atoms with Crippen molar-refractivity contribution in [3.8, 4) is 0 Å². The van der Waals surface area contributed by atoms with Crippen LogP contribution in [0.15, 0.2) is 0 Å². The number of ether oxygens (including phenoxy) is 1. The van der Waals surface area contributed by atoms with Gasteiger partial charge in [-0.1, -0.05) is 6.92 Å². The molecule has 1 heterocycles. The zero-order chi connectivity index (χ0) is 10.4. The Hall–Kier alpha value is 0.270. The van der Waals surface area contributed by atoms with Crippen LogP contribution in [0.5, 0.6) is 0 Å². The zero-order valence-electron chi connectivity index (χ0n) is 9.46. The van der Waals surface area contributed by atoms with Gasteiger partial charge >= 0.3 is 0 Å². The summed E-state index contributed by atoms with van der Waals surface area (Å²) in [6.07, 6.45) is 3.57.